The predicted octanol–water partition coefficient (Wildman–Crippen LogP) is 2.30. The second-order valence-corrected chi connectivity index (χ2v) is 3.74. The van der Waals surface area contributed by atoms with Crippen LogP contribution in [0.3, 0.4) is 0 Å². The molecule has 0 aliphatic carbocycles. The summed E-state index contributed by atoms with van der Waals surface area (Å²) in [7, 11) is 0. The van der Waals surface area contributed by atoms with Gasteiger partial charge in [-0.2, -0.15) is 0 Å². The second kappa shape index (κ2) is 5.31. The third-order valence-electron chi connectivity index (χ3n) is 2.50. The topological polar surface area (TPSA) is 47.0 Å². The molecule has 0 amide bonds. The molecule has 0 radical (unpaired) electrons. The Balaban J connectivity index is 2.04. The molecule has 2 heterocycles. The minimum absolute atomic E-state index is 0.188. The van der Waals surface area contributed by atoms with E-state index >= 15 is 0 Å². The summed E-state index contributed by atoms with van der Waals surface area (Å²) in [6.45, 7) is 0.380. The molecular formula is C10H12F3N3O. The van der Waals surface area contributed by atoms with Crippen molar-refractivity contribution in [1.29, 1.82) is 0 Å². The van der Waals surface area contributed by atoms with Crippen LogP contribution in [0.1, 0.15) is 25.0 Å². The lowest BCUT2D eigenvalue weighted by molar-refractivity contribution is -0.0758. The first kappa shape index (κ1) is 12.1. The summed E-state index contributed by atoms with van der Waals surface area (Å²) < 4.78 is 42.9. The molecule has 4 nitrogen and oxygen atoms in total. The number of nitrogens with one attached hydrogen (secondary N) is 1. The van der Waals surface area contributed by atoms with Gasteiger partial charge in [0.2, 0.25) is 6.36 Å². The Morgan fingerprint density at radius 3 is 2.94 bits per heavy atom. The monoisotopic (exact) mass is 247 g/mol. The van der Waals surface area contributed by atoms with Gasteiger partial charge in [-0.3, -0.25) is 0 Å². The van der Waals surface area contributed by atoms with E-state index in [1.807, 2.05) is 0 Å². The minimum Gasteiger partial charge on any atom is -0.362 e. The van der Waals surface area contributed by atoms with Gasteiger partial charge in [-0.1, -0.05) is 0 Å². The van der Waals surface area contributed by atoms with Crippen molar-refractivity contribution in [1.82, 2.24) is 9.97 Å². The average Bonchev–Trinajstić information content (AvgIpc) is 2.32. The van der Waals surface area contributed by atoms with Gasteiger partial charge in [0.05, 0.1) is 12.6 Å². The van der Waals surface area contributed by atoms with E-state index in [9.17, 15) is 13.2 Å². The summed E-state index contributed by atoms with van der Waals surface area (Å²) in [4.78, 5) is 7.20. The van der Waals surface area contributed by atoms with Gasteiger partial charge >= 0.3 is 0 Å². The van der Waals surface area contributed by atoms with Gasteiger partial charge in [-0.25, -0.2) is 23.1 Å². The van der Waals surface area contributed by atoms with E-state index in [-0.39, 0.29) is 11.5 Å². The molecule has 7 heteroatoms. The van der Waals surface area contributed by atoms with Gasteiger partial charge in [0, 0.05) is 6.07 Å². The molecule has 0 spiro atoms. The summed E-state index contributed by atoms with van der Waals surface area (Å²) in [5.74, 6) is 0.188. The fourth-order valence-corrected chi connectivity index (χ4v) is 1.64. The highest BCUT2D eigenvalue weighted by Crippen LogP contribution is 2.21. The molecule has 94 valence electrons. The van der Waals surface area contributed by atoms with Crippen LogP contribution < -0.4 is 5.32 Å². The maximum absolute atomic E-state index is 13.3. The molecule has 2 rings (SSSR count). The first-order valence-electron chi connectivity index (χ1n) is 5.29. The van der Waals surface area contributed by atoms with Crippen molar-refractivity contribution in [2.75, 3.05) is 11.9 Å². The van der Waals surface area contributed by atoms with Crippen LogP contribution in [0.25, 0.3) is 0 Å². The zero-order chi connectivity index (χ0) is 12.3. The van der Waals surface area contributed by atoms with Crippen molar-refractivity contribution < 1.29 is 17.9 Å². The van der Waals surface area contributed by atoms with Crippen LogP contribution in [0.5, 0.6) is 0 Å². The molecule has 1 fully saturated rings. The third-order valence-corrected chi connectivity index (χ3v) is 2.50. The standard InChI is InChI=1S/C10H12F3N3O/c11-9(12)7-4-8(15-5-14-7)16-6-2-1-3-17-10(6)13/h4-6,9-10H,1-3H2,(H,14,15,16). The number of anilines is 1. The van der Waals surface area contributed by atoms with E-state index in [1.165, 1.54) is 0 Å². The number of hydrogen-bond donors (Lipinski definition) is 1. The van der Waals surface area contributed by atoms with E-state index in [4.69, 9.17) is 4.74 Å². The Morgan fingerprint density at radius 1 is 1.41 bits per heavy atom. The number of halogens is 3. The second-order valence-electron chi connectivity index (χ2n) is 3.74. The maximum atomic E-state index is 13.3. The molecule has 17 heavy (non-hydrogen) atoms. The van der Waals surface area contributed by atoms with Crippen molar-refractivity contribution in [2.45, 2.75) is 31.7 Å². The van der Waals surface area contributed by atoms with Crippen molar-refractivity contribution in [3.63, 3.8) is 0 Å². The van der Waals surface area contributed by atoms with Gasteiger partial charge in [0.1, 0.15) is 17.8 Å². The SMILES string of the molecule is FC(F)c1cc(NC2CCCOC2F)ncn1. The zero-order valence-corrected chi connectivity index (χ0v) is 8.94. The third kappa shape index (κ3) is 3.06. The molecule has 0 bridgehead atoms. The molecule has 1 aromatic rings. The van der Waals surface area contributed by atoms with Crippen molar-refractivity contribution >= 4 is 5.82 Å². The highest BCUT2D eigenvalue weighted by Gasteiger charge is 2.25. The summed E-state index contributed by atoms with van der Waals surface area (Å²) in [5, 5.41) is 2.74. The first-order valence-corrected chi connectivity index (χ1v) is 5.29. The molecule has 0 aromatic carbocycles. The number of ether oxygens (including phenoxy) is 1. The van der Waals surface area contributed by atoms with Crippen LogP contribution in [-0.2, 0) is 4.74 Å². The van der Waals surface area contributed by atoms with Gasteiger partial charge in [0.25, 0.3) is 6.43 Å². The molecule has 1 aliphatic rings. The van der Waals surface area contributed by atoms with Gasteiger partial charge < -0.3 is 10.1 Å². The normalized spacial score (nSPS) is 24.9. The van der Waals surface area contributed by atoms with E-state index in [1.54, 1.807) is 0 Å². The van der Waals surface area contributed by atoms with E-state index in [0.29, 0.717) is 13.0 Å². The summed E-state index contributed by atoms with van der Waals surface area (Å²) in [5.41, 5.74) is -0.380. The minimum atomic E-state index is -2.66. The molecule has 0 saturated carbocycles. The molecule has 1 aliphatic heterocycles. The number of alkyl halides is 3. The number of nitrogens with zero attached hydrogens (tertiary/aromatic N) is 2. The van der Waals surface area contributed by atoms with Crippen molar-refractivity contribution in [3.05, 3.63) is 18.1 Å². The zero-order valence-electron chi connectivity index (χ0n) is 8.94. The van der Waals surface area contributed by atoms with Crippen molar-refractivity contribution in [3.8, 4) is 0 Å². The number of aromatic nitrogens is 2. The predicted molar refractivity (Wildman–Crippen MR) is 54.5 cm³/mol. The van der Waals surface area contributed by atoms with Gasteiger partial charge in [-0.15, -0.1) is 0 Å². The average molecular weight is 247 g/mol. The Hall–Kier alpha value is -1.37. The molecule has 1 saturated heterocycles. The van der Waals surface area contributed by atoms with Crippen LogP contribution in [0.15, 0.2) is 12.4 Å². The van der Waals surface area contributed by atoms with Crippen LogP contribution in [0.2, 0.25) is 0 Å². The highest BCUT2D eigenvalue weighted by atomic mass is 19.3. The molecule has 1 aromatic heterocycles. The summed E-state index contributed by atoms with van der Waals surface area (Å²) in [6.07, 6.45) is -1.77. The molecular weight excluding hydrogens is 235 g/mol. The van der Waals surface area contributed by atoms with E-state index in [0.717, 1.165) is 18.8 Å². The van der Waals surface area contributed by atoms with Crippen LogP contribution in [0.4, 0.5) is 19.0 Å². The molecule has 2 atom stereocenters. The van der Waals surface area contributed by atoms with Crippen LogP contribution >= 0.6 is 0 Å². The number of rotatable bonds is 3. The Bertz CT molecular complexity index is 378. The fourth-order valence-electron chi connectivity index (χ4n) is 1.64. The first-order chi connectivity index (χ1) is 8.16. The van der Waals surface area contributed by atoms with Crippen molar-refractivity contribution in [2.24, 2.45) is 0 Å². The Morgan fingerprint density at radius 2 is 2.24 bits per heavy atom. The lowest BCUT2D eigenvalue weighted by Gasteiger charge is -2.27. The molecule has 2 unspecified atom stereocenters. The van der Waals surface area contributed by atoms with E-state index in [2.05, 4.69) is 15.3 Å². The lowest BCUT2D eigenvalue weighted by atomic mass is 10.1. The largest absolute Gasteiger partial charge is 0.362 e. The molecule has 1 N–H and O–H groups in total. The van der Waals surface area contributed by atoms with Gasteiger partial charge in [-0.05, 0) is 12.8 Å². The van der Waals surface area contributed by atoms with Crippen LogP contribution in [0, 0.1) is 0 Å². The van der Waals surface area contributed by atoms with E-state index < -0.39 is 18.8 Å². The lowest BCUT2D eigenvalue weighted by Crippen LogP contribution is -2.37. The quantitative estimate of drug-likeness (QED) is 0.890. The van der Waals surface area contributed by atoms with Gasteiger partial charge in [0.15, 0.2) is 0 Å². The summed E-state index contributed by atoms with van der Waals surface area (Å²) >= 11 is 0. The summed E-state index contributed by atoms with van der Waals surface area (Å²) in [6, 6.07) is 0.565. The fraction of sp³-hybridized carbons (Fsp3) is 0.600. The van der Waals surface area contributed by atoms with Crippen LogP contribution in [-0.4, -0.2) is 29.0 Å². The highest BCUT2D eigenvalue weighted by molar-refractivity contribution is 5.36. The maximum Gasteiger partial charge on any atom is 0.280 e. The Labute approximate surface area is 96.2 Å². The Kier molecular flexibility index (Phi) is 3.78. The smallest absolute Gasteiger partial charge is 0.280 e. The number of hydrogen-bond acceptors (Lipinski definition) is 4.